The molecule has 0 N–H and O–H groups in total. The van der Waals surface area contributed by atoms with E-state index in [2.05, 4.69) is 0 Å². The SMILES string of the molecule is O=C1c2ccccc2C(=O)c2cc(C=Cc3ccccc3[N+](=O)[O-])ccc21. The molecule has 27 heavy (non-hydrogen) atoms. The maximum absolute atomic E-state index is 12.8. The number of fused-ring (bicyclic) bond motifs is 2. The van der Waals surface area contributed by atoms with Crippen molar-refractivity contribution in [2.24, 2.45) is 0 Å². The summed E-state index contributed by atoms with van der Waals surface area (Å²) in [6, 6.07) is 18.2. The largest absolute Gasteiger partial charge is 0.289 e. The highest BCUT2D eigenvalue weighted by Crippen LogP contribution is 2.28. The predicted octanol–water partition coefficient (Wildman–Crippen LogP) is 4.54. The second kappa shape index (κ2) is 6.46. The van der Waals surface area contributed by atoms with Crippen LogP contribution in [0, 0.1) is 10.1 Å². The Bertz CT molecular complexity index is 1140. The Balaban J connectivity index is 1.73. The maximum atomic E-state index is 12.8. The van der Waals surface area contributed by atoms with E-state index in [1.807, 2.05) is 0 Å². The summed E-state index contributed by atoms with van der Waals surface area (Å²) in [5.74, 6) is -0.365. The van der Waals surface area contributed by atoms with Crippen molar-refractivity contribution < 1.29 is 14.5 Å². The molecule has 130 valence electrons. The molecule has 3 aromatic rings. The van der Waals surface area contributed by atoms with Gasteiger partial charge in [0.1, 0.15) is 0 Å². The summed E-state index contributed by atoms with van der Waals surface area (Å²) >= 11 is 0. The number of nitro groups is 1. The zero-order valence-corrected chi connectivity index (χ0v) is 14.1. The Kier molecular flexibility index (Phi) is 3.97. The summed E-state index contributed by atoms with van der Waals surface area (Å²) in [6.07, 6.45) is 3.32. The maximum Gasteiger partial charge on any atom is 0.276 e. The van der Waals surface area contributed by atoms with E-state index in [1.54, 1.807) is 72.8 Å². The minimum atomic E-state index is -0.439. The van der Waals surface area contributed by atoms with Crippen molar-refractivity contribution in [2.45, 2.75) is 0 Å². The minimum absolute atomic E-state index is 0.00638. The first-order valence-corrected chi connectivity index (χ1v) is 8.30. The second-order valence-corrected chi connectivity index (χ2v) is 6.16. The molecule has 0 saturated carbocycles. The smallest absolute Gasteiger partial charge is 0.276 e. The Morgan fingerprint density at radius 3 is 2.00 bits per heavy atom. The molecule has 0 radical (unpaired) electrons. The van der Waals surface area contributed by atoms with Crippen molar-refractivity contribution in [1.29, 1.82) is 0 Å². The second-order valence-electron chi connectivity index (χ2n) is 6.16. The third-order valence-corrected chi connectivity index (χ3v) is 4.54. The standard InChI is InChI=1S/C22H13NO4/c24-21-16-6-2-3-7-17(16)22(25)19-13-14(10-12-18(19)21)9-11-15-5-1-4-8-20(15)23(26)27/h1-13H. The lowest BCUT2D eigenvalue weighted by Gasteiger charge is -2.17. The highest BCUT2D eigenvalue weighted by Gasteiger charge is 2.29. The van der Waals surface area contributed by atoms with Gasteiger partial charge in [-0.1, -0.05) is 48.5 Å². The molecule has 5 heteroatoms. The van der Waals surface area contributed by atoms with E-state index < -0.39 is 4.92 Å². The fourth-order valence-corrected chi connectivity index (χ4v) is 3.20. The fourth-order valence-electron chi connectivity index (χ4n) is 3.20. The van der Waals surface area contributed by atoms with Crippen molar-refractivity contribution in [3.05, 3.63) is 110 Å². The molecular weight excluding hydrogens is 342 g/mol. The van der Waals surface area contributed by atoms with Gasteiger partial charge in [0.25, 0.3) is 5.69 Å². The molecule has 0 fully saturated rings. The Morgan fingerprint density at radius 1 is 0.704 bits per heavy atom. The first kappa shape index (κ1) is 16.6. The van der Waals surface area contributed by atoms with Crippen LogP contribution in [0.3, 0.4) is 0 Å². The number of benzene rings is 3. The van der Waals surface area contributed by atoms with Gasteiger partial charge in [-0.05, 0) is 29.8 Å². The molecule has 1 aliphatic carbocycles. The highest BCUT2D eigenvalue weighted by atomic mass is 16.6. The van der Waals surface area contributed by atoms with Crippen LogP contribution in [-0.4, -0.2) is 16.5 Å². The van der Waals surface area contributed by atoms with E-state index in [1.165, 1.54) is 6.07 Å². The zero-order valence-electron chi connectivity index (χ0n) is 14.1. The van der Waals surface area contributed by atoms with E-state index in [0.717, 1.165) is 0 Å². The zero-order chi connectivity index (χ0) is 19.0. The predicted molar refractivity (Wildman–Crippen MR) is 102 cm³/mol. The van der Waals surface area contributed by atoms with Gasteiger partial charge in [-0.25, -0.2) is 0 Å². The molecule has 0 spiro atoms. The van der Waals surface area contributed by atoms with Crippen LogP contribution in [0.1, 0.15) is 43.0 Å². The topological polar surface area (TPSA) is 77.3 Å². The lowest BCUT2D eigenvalue weighted by atomic mass is 9.83. The Hall–Kier alpha value is -3.86. The number of rotatable bonds is 3. The van der Waals surface area contributed by atoms with Crippen molar-refractivity contribution in [3.63, 3.8) is 0 Å². The quantitative estimate of drug-likeness (QED) is 0.307. The average Bonchev–Trinajstić information content (AvgIpc) is 2.70. The van der Waals surface area contributed by atoms with Crippen LogP contribution in [0.2, 0.25) is 0 Å². The molecule has 0 unspecified atom stereocenters. The van der Waals surface area contributed by atoms with Gasteiger partial charge in [-0.15, -0.1) is 0 Å². The summed E-state index contributed by atoms with van der Waals surface area (Å²) in [6.45, 7) is 0. The number of nitrogens with zero attached hydrogens (tertiary/aromatic N) is 1. The van der Waals surface area contributed by atoms with Crippen molar-refractivity contribution in [2.75, 3.05) is 0 Å². The summed E-state index contributed by atoms with van der Waals surface area (Å²) in [7, 11) is 0. The van der Waals surface area contributed by atoms with Crippen molar-refractivity contribution in [3.8, 4) is 0 Å². The molecule has 0 atom stereocenters. The normalized spacial score (nSPS) is 12.7. The number of carbonyl (C=O) groups excluding carboxylic acids is 2. The summed E-state index contributed by atoms with van der Waals surface area (Å²) in [4.78, 5) is 36.0. The highest BCUT2D eigenvalue weighted by molar-refractivity contribution is 6.28. The van der Waals surface area contributed by atoms with E-state index in [4.69, 9.17) is 0 Å². The van der Waals surface area contributed by atoms with Crippen molar-refractivity contribution >= 4 is 29.4 Å². The molecular formula is C22H13NO4. The van der Waals surface area contributed by atoms with Gasteiger partial charge < -0.3 is 0 Å². The third kappa shape index (κ3) is 2.85. The Labute approximate surface area is 154 Å². The minimum Gasteiger partial charge on any atom is -0.289 e. The number of ketones is 2. The molecule has 0 heterocycles. The third-order valence-electron chi connectivity index (χ3n) is 4.54. The molecule has 0 aromatic heterocycles. The molecule has 5 nitrogen and oxygen atoms in total. The lowest BCUT2D eigenvalue weighted by molar-refractivity contribution is -0.385. The molecule has 0 amide bonds. The van der Waals surface area contributed by atoms with E-state index in [9.17, 15) is 19.7 Å². The number of hydrogen-bond acceptors (Lipinski definition) is 4. The number of para-hydroxylation sites is 1. The summed E-state index contributed by atoms with van der Waals surface area (Å²) < 4.78 is 0. The molecule has 1 aliphatic rings. The van der Waals surface area contributed by atoms with E-state index in [0.29, 0.717) is 33.4 Å². The van der Waals surface area contributed by atoms with Gasteiger partial charge in [0, 0.05) is 28.3 Å². The van der Waals surface area contributed by atoms with Crippen LogP contribution >= 0.6 is 0 Å². The van der Waals surface area contributed by atoms with Crippen LogP contribution < -0.4 is 0 Å². The van der Waals surface area contributed by atoms with Gasteiger partial charge in [-0.3, -0.25) is 19.7 Å². The monoisotopic (exact) mass is 355 g/mol. The van der Waals surface area contributed by atoms with Gasteiger partial charge in [0.15, 0.2) is 11.6 Å². The first-order valence-electron chi connectivity index (χ1n) is 8.30. The van der Waals surface area contributed by atoms with Gasteiger partial charge >= 0.3 is 0 Å². The van der Waals surface area contributed by atoms with Crippen LogP contribution in [0.25, 0.3) is 12.2 Å². The van der Waals surface area contributed by atoms with Gasteiger partial charge in [-0.2, -0.15) is 0 Å². The average molecular weight is 355 g/mol. The molecule has 0 aliphatic heterocycles. The molecule has 4 rings (SSSR count). The number of carbonyl (C=O) groups is 2. The molecule has 3 aromatic carbocycles. The first-order chi connectivity index (χ1) is 13.1. The van der Waals surface area contributed by atoms with Crippen LogP contribution in [-0.2, 0) is 0 Å². The molecule has 0 saturated heterocycles. The van der Waals surface area contributed by atoms with E-state index in [-0.39, 0.29) is 17.3 Å². The summed E-state index contributed by atoms with van der Waals surface area (Å²) in [5.41, 5.74) is 2.70. The summed E-state index contributed by atoms with van der Waals surface area (Å²) in [5, 5.41) is 11.1. The fraction of sp³-hybridized carbons (Fsp3) is 0. The number of hydrogen-bond donors (Lipinski definition) is 0. The van der Waals surface area contributed by atoms with Gasteiger partial charge in [0.05, 0.1) is 10.5 Å². The van der Waals surface area contributed by atoms with E-state index >= 15 is 0 Å². The van der Waals surface area contributed by atoms with Crippen LogP contribution in [0.15, 0.2) is 66.7 Å². The Morgan fingerprint density at radius 2 is 1.30 bits per heavy atom. The van der Waals surface area contributed by atoms with Gasteiger partial charge in [0.2, 0.25) is 0 Å². The lowest BCUT2D eigenvalue weighted by Crippen LogP contribution is -2.20. The van der Waals surface area contributed by atoms with Crippen molar-refractivity contribution in [1.82, 2.24) is 0 Å². The molecule has 0 bridgehead atoms. The van der Waals surface area contributed by atoms with Crippen LogP contribution in [0.5, 0.6) is 0 Å². The van der Waals surface area contributed by atoms with Crippen LogP contribution in [0.4, 0.5) is 5.69 Å². The number of nitro benzene ring substituents is 1.